The van der Waals surface area contributed by atoms with Crippen LogP contribution in [0.4, 0.5) is 4.39 Å². The van der Waals surface area contributed by atoms with Crippen LogP contribution in [-0.4, -0.2) is 6.26 Å². The van der Waals surface area contributed by atoms with E-state index < -0.39 is 0 Å². The summed E-state index contributed by atoms with van der Waals surface area (Å²) >= 11 is 1.65. The molecule has 0 bridgehead atoms. The lowest BCUT2D eigenvalue weighted by Crippen LogP contribution is -1.99. The summed E-state index contributed by atoms with van der Waals surface area (Å²) in [4.78, 5) is 1.05. The molecule has 0 saturated heterocycles. The molecule has 0 amide bonds. The van der Waals surface area contributed by atoms with E-state index in [2.05, 4.69) is 44.7 Å². The van der Waals surface area contributed by atoms with Crippen molar-refractivity contribution in [3.63, 3.8) is 0 Å². The average molecular weight is 300 g/mol. The van der Waals surface area contributed by atoms with Gasteiger partial charge < -0.3 is 0 Å². The topological polar surface area (TPSA) is 0 Å². The summed E-state index contributed by atoms with van der Waals surface area (Å²) in [5, 5.41) is 0. The number of allylic oxidation sites excluding steroid dienone is 5. The molecule has 1 atom stereocenters. The Labute approximate surface area is 131 Å². The molecule has 0 nitrogen and oxygen atoms in total. The molecule has 0 aromatic heterocycles. The molecule has 1 aromatic rings. The first-order valence-electron chi connectivity index (χ1n) is 7.09. The van der Waals surface area contributed by atoms with E-state index >= 15 is 0 Å². The number of rotatable bonds is 5. The number of hydrogen-bond donors (Lipinski definition) is 0. The second-order valence-corrected chi connectivity index (χ2v) is 6.22. The molecule has 0 fully saturated rings. The molecule has 0 heterocycles. The Kier molecular flexibility index (Phi) is 5.24. The largest absolute Gasteiger partial charge is 0.207 e. The Morgan fingerprint density at radius 3 is 2.81 bits per heavy atom. The first-order chi connectivity index (χ1) is 10.0. The van der Waals surface area contributed by atoms with Gasteiger partial charge in [0.15, 0.2) is 0 Å². The fourth-order valence-corrected chi connectivity index (χ4v) is 2.84. The summed E-state index contributed by atoms with van der Waals surface area (Å²) in [6.45, 7) is 8.15. The molecular formula is C19H21FS. The van der Waals surface area contributed by atoms with E-state index in [-0.39, 0.29) is 5.82 Å². The summed E-state index contributed by atoms with van der Waals surface area (Å²) < 4.78 is 13.3. The maximum absolute atomic E-state index is 13.3. The molecule has 0 aliphatic heterocycles. The van der Waals surface area contributed by atoms with Gasteiger partial charge in [-0.1, -0.05) is 42.0 Å². The summed E-state index contributed by atoms with van der Waals surface area (Å²) in [7, 11) is 0. The van der Waals surface area contributed by atoms with Gasteiger partial charge in [0.1, 0.15) is 5.82 Å². The SMILES string of the molecule is C=C(/C=C\C(=C/C)CC1C(C)=Cc2cc(F)ccc21)SC. The van der Waals surface area contributed by atoms with Gasteiger partial charge in [-0.3, -0.25) is 0 Å². The third-order valence-corrected chi connectivity index (χ3v) is 4.57. The smallest absolute Gasteiger partial charge is 0.123 e. The number of halogens is 1. The van der Waals surface area contributed by atoms with Crippen molar-refractivity contribution in [2.24, 2.45) is 0 Å². The molecule has 0 saturated carbocycles. The van der Waals surface area contributed by atoms with Crippen LogP contribution in [0, 0.1) is 5.82 Å². The van der Waals surface area contributed by atoms with Gasteiger partial charge in [0.25, 0.3) is 0 Å². The quantitative estimate of drug-likeness (QED) is 0.592. The van der Waals surface area contributed by atoms with Crippen LogP contribution < -0.4 is 0 Å². The number of fused-ring (bicyclic) bond motifs is 1. The fraction of sp³-hybridized carbons (Fsp3) is 0.263. The predicted octanol–water partition coefficient (Wildman–Crippen LogP) is 6.10. The van der Waals surface area contributed by atoms with Gasteiger partial charge in [-0.15, -0.1) is 11.8 Å². The van der Waals surface area contributed by atoms with Crippen LogP contribution in [0.5, 0.6) is 0 Å². The fourth-order valence-electron chi connectivity index (χ4n) is 2.64. The maximum Gasteiger partial charge on any atom is 0.123 e. The number of benzene rings is 1. The standard InChI is InChI=1S/C19H21FS/c1-5-15(7-6-14(3)21-4)11-19-13(2)10-16-12-17(20)8-9-18(16)19/h5-10,12,19H,3,11H2,1-2,4H3/b7-6-,15-5+. The van der Waals surface area contributed by atoms with Crippen molar-refractivity contribution >= 4 is 17.8 Å². The third kappa shape index (κ3) is 3.76. The number of hydrogen-bond acceptors (Lipinski definition) is 1. The highest BCUT2D eigenvalue weighted by atomic mass is 32.2. The zero-order valence-electron chi connectivity index (χ0n) is 12.8. The molecule has 1 aromatic carbocycles. The van der Waals surface area contributed by atoms with Crippen LogP contribution in [0.25, 0.3) is 6.08 Å². The van der Waals surface area contributed by atoms with E-state index in [1.54, 1.807) is 23.9 Å². The highest BCUT2D eigenvalue weighted by Gasteiger charge is 2.23. The van der Waals surface area contributed by atoms with Gasteiger partial charge in [0.05, 0.1) is 0 Å². The molecule has 21 heavy (non-hydrogen) atoms. The van der Waals surface area contributed by atoms with Gasteiger partial charge in [-0.25, -0.2) is 4.39 Å². The molecule has 2 heteroatoms. The number of thioether (sulfide) groups is 1. The van der Waals surface area contributed by atoms with Crippen molar-refractivity contribution in [3.8, 4) is 0 Å². The summed E-state index contributed by atoms with van der Waals surface area (Å²) in [6.07, 6.45) is 11.4. The second kappa shape index (κ2) is 6.95. The van der Waals surface area contributed by atoms with Crippen LogP contribution in [0.2, 0.25) is 0 Å². The summed E-state index contributed by atoms with van der Waals surface area (Å²) in [6, 6.07) is 5.10. The van der Waals surface area contributed by atoms with Crippen molar-refractivity contribution in [2.45, 2.75) is 26.2 Å². The molecule has 110 valence electrons. The van der Waals surface area contributed by atoms with E-state index in [4.69, 9.17) is 0 Å². The van der Waals surface area contributed by atoms with Crippen LogP contribution in [-0.2, 0) is 0 Å². The lowest BCUT2D eigenvalue weighted by Gasteiger charge is -2.15. The third-order valence-electron chi connectivity index (χ3n) is 3.91. The van der Waals surface area contributed by atoms with E-state index in [0.29, 0.717) is 5.92 Å². The van der Waals surface area contributed by atoms with Gasteiger partial charge >= 0.3 is 0 Å². The monoisotopic (exact) mass is 300 g/mol. The van der Waals surface area contributed by atoms with Crippen LogP contribution >= 0.6 is 11.8 Å². The molecular weight excluding hydrogens is 279 g/mol. The highest BCUT2D eigenvalue weighted by molar-refractivity contribution is 8.02. The Bertz CT molecular complexity index is 635. The van der Waals surface area contributed by atoms with E-state index in [0.717, 1.165) is 16.9 Å². The molecule has 0 N–H and O–H groups in total. The van der Waals surface area contributed by atoms with E-state index in [9.17, 15) is 4.39 Å². The van der Waals surface area contributed by atoms with Crippen molar-refractivity contribution in [1.82, 2.24) is 0 Å². The zero-order chi connectivity index (χ0) is 15.4. The normalized spacial score (nSPS) is 18.0. The van der Waals surface area contributed by atoms with Crippen molar-refractivity contribution < 1.29 is 4.39 Å². The highest BCUT2D eigenvalue weighted by Crippen LogP contribution is 2.40. The Balaban J connectivity index is 2.19. The van der Waals surface area contributed by atoms with Gasteiger partial charge in [0, 0.05) is 5.92 Å². The lowest BCUT2D eigenvalue weighted by atomic mass is 9.89. The lowest BCUT2D eigenvalue weighted by molar-refractivity contribution is 0.626. The molecule has 2 rings (SSSR count). The van der Waals surface area contributed by atoms with E-state index in [1.165, 1.54) is 16.7 Å². The average Bonchev–Trinajstić information content (AvgIpc) is 2.77. The first-order valence-corrected chi connectivity index (χ1v) is 8.31. The summed E-state index contributed by atoms with van der Waals surface area (Å²) in [5.41, 5.74) is 4.82. The minimum Gasteiger partial charge on any atom is -0.207 e. The Hall–Kier alpha value is -1.54. The predicted molar refractivity (Wildman–Crippen MR) is 93.0 cm³/mol. The molecule has 1 aliphatic carbocycles. The summed E-state index contributed by atoms with van der Waals surface area (Å²) in [5.74, 6) is 0.180. The van der Waals surface area contributed by atoms with E-state index in [1.807, 2.05) is 12.3 Å². The van der Waals surface area contributed by atoms with Crippen molar-refractivity contribution in [2.75, 3.05) is 6.26 Å². The molecule has 0 spiro atoms. The van der Waals surface area contributed by atoms with Gasteiger partial charge in [0.2, 0.25) is 0 Å². The van der Waals surface area contributed by atoms with Crippen LogP contribution in [0.3, 0.4) is 0 Å². The van der Waals surface area contributed by atoms with Crippen molar-refractivity contribution in [3.05, 3.63) is 76.0 Å². The van der Waals surface area contributed by atoms with Gasteiger partial charge in [-0.05, 0) is 60.8 Å². The molecule has 1 unspecified atom stereocenters. The Morgan fingerprint density at radius 1 is 1.38 bits per heavy atom. The van der Waals surface area contributed by atoms with Crippen molar-refractivity contribution in [1.29, 1.82) is 0 Å². The Morgan fingerprint density at radius 2 is 2.14 bits per heavy atom. The minimum atomic E-state index is -0.166. The maximum atomic E-state index is 13.3. The minimum absolute atomic E-state index is 0.166. The second-order valence-electron chi connectivity index (χ2n) is 5.29. The molecule has 0 radical (unpaired) electrons. The zero-order valence-corrected chi connectivity index (χ0v) is 13.6. The molecule has 1 aliphatic rings. The van der Waals surface area contributed by atoms with Crippen LogP contribution in [0.1, 0.15) is 37.3 Å². The first kappa shape index (κ1) is 15.8. The van der Waals surface area contributed by atoms with Gasteiger partial charge in [-0.2, -0.15) is 0 Å². The van der Waals surface area contributed by atoms with Crippen LogP contribution in [0.15, 0.2) is 59.1 Å².